The molecule has 72 valence electrons. The molecule has 0 radical (unpaired) electrons. The van der Waals surface area contributed by atoms with E-state index in [1.807, 2.05) is 6.08 Å². The van der Waals surface area contributed by atoms with Crippen LogP contribution in [0.15, 0.2) is 11.8 Å². The molecular weight excluding hydrogens is 168 g/mol. The van der Waals surface area contributed by atoms with Crippen molar-refractivity contribution in [1.82, 2.24) is 5.32 Å². The summed E-state index contributed by atoms with van der Waals surface area (Å²) in [5.41, 5.74) is 5.92. The van der Waals surface area contributed by atoms with E-state index in [0.29, 0.717) is 19.3 Å². The van der Waals surface area contributed by atoms with Gasteiger partial charge in [-0.15, -0.1) is 0 Å². The Morgan fingerprint density at radius 3 is 3.00 bits per heavy atom. The Labute approximate surface area is 77.2 Å². The van der Waals surface area contributed by atoms with E-state index in [0.717, 1.165) is 18.5 Å². The molecule has 0 saturated heterocycles. The number of nitrogens with one attached hydrogen (secondary N) is 1. The maximum Gasteiger partial charge on any atom is 0.224 e. The van der Waals surface area contributed by atoms with Crippen molar-refractivity contribution in [3.8, 4) is 0 Å². The van der Waals surface area contributed by atoms with Gasteiger partial charge in [-0.2, -0.15) is 0 Å². The van der Waals surface area contributed by atoms with Crippen LogP contribution in [0.3, 0.4) is 0 Å². The lowest BCUT2D eigenvalue weighted by molar-refractivity contribution is -0.120. The molecule has 0 unspecified atom stereocenters. The third kappa shape index (κ3) is 3.73. The predicted molar refractivity (Wildman–Crippen MR) is 48.5 cm³/mol. The van der Waals surface area contributed by atoms with Crippen molar-refractivity contribution in [2.24, 2.45) is 5.73 Å². The molecule has 4 nitrogen and oxygen atoms in total. The van der Waals surface area contributed by atoms with Crippen LogP contribution in [-0.4, -0.2) is 11.8 Å². The number of nitrogens with two attached hydrogens (primary N) is 1. The van der Waals surface area contributed by atoms with E-state index in [9.17, 15) is 9.59 Å². The van der Waals surface area contributed by atoms with Gasteiger partial charge in [0.05, 0.1) is 0 Å². The number of carbonyl (C=O) groups excluding carboxylic acids is 2. The lowest BCUT2D eigenvalue weighted by Gasteiger charge is -2.13. The summed E-state index contributed by atoms with van der Waals surface area (Å²) in [5, 5.41) is 2.76. The van der Waals surface area contributed by atoms with Crippen molar-refractivity contribution in [2.45, 2.75) is 32.1 Å². The fourth-order valence-electron chi connectivity index (χ4n) is 1.29. The first-order chi connectivity index (χ1) is 6.18. The summed E-state index contributed by atoms with van der Waals surface area (Å²) in [7, 11) is 0. The first-order valence-corrected chi connectivity index (χ1v) is 4.45. The fraction of sp³-hybridized carbons (Fsp3) is 0.556. The van der Waals surface area contributed by atoms with E-state index in [1.165, 1.54) is 0 Å². The summed E-state index contributed by atoms with van der Waals surface area (Å²) < 4.78 is 0. The van der Waals surface area contributed by atoms with E-state index in [-0.39, 0.29) is 11.8 Å². The van der Waals surface area contributed by atoms with Crippen LogP contribution in [-0.2, 0) is 9.59 Å². The number of allylic oxidation sites excluding steroid dienone is 2. The number of rotatable bonds is 4. The zero-order chi connectivity index (χ0) is 9.68. The van der Waals surface area contributed by atoms with Crippen molar-refractivity contribution in [3.05, 3.63) is 11.8 Å². The summed E-state index contributed by atoms with van der Waals surface area (Å²) in [5.74, 6) is -0.223. The van der Waals surface area contributed by atoms with Gasteiger partial charge in [0.15, 0.2) is 0 Å². The molecule has 13 heavy (non-hydrogen) atoms. The molecule has 0 atom stereocenters. The van der Waals surface area contributed by atoms with Crippen LogP contribution in [0, 0.1) is 0 Å². The number of primary amides is 1. The quantitative estimate of drug-likeness (QED) is 0.662. The zero-order valence-electron chi connectivity index (χ0n) is 7.51. The molecule has 0 aromatic rings. The third-order valence-corrected chi connectivity index (χ3v) is 1.93. The van der Waals surface area contributed by atoms with Gasteiger partial charge in [0.1, 0.15) is 0 Å². The molecule has 0 spiro atoms. The largest absolute Gasteiger partial charge is 0.370 e. The normalized spacial score (nSPS) is 16.3. The number of hydrogen-bond acceptors (Lipinski definition) is 2. The number of carbonyl (C=O) groups is 2. The number of amides is 2. The molecule has 1 aliphatic heterocycles. The van der Waals surface area contributed by atoms with Gasteiger partial charge in [0, 0.05) is 18.5 Å². The van der Waals surface area contributed by atoms with E-state index < -0.39 is 0 Å². The number of hydrogen-bond donors (Lipinski definition) is 2. The maximum absolute atomic E-state index is 10.9. The zero-order valence-corrected chi connectivity index (χ0v) is 7.51. The van der Waals surface area contributed by atoms with Gasteiger partial charge in [0.25, 0.3) is 0 Å². The highest BCUT2D eigenvalue weighted by Crippen LogP contribution is 2.10. The Bertz CT molecular complexity index is 246. The van der Waals surface area contributed by atoms with Gasteiger partial charge >= 0.3 is 0 Å². The minimum absolute atomic E-state index is 0.0663. The Hall–Kier alpha value is -1.32. The maximum atomic E-state index is 10.9. The molecule has 1 rings (SSSR count). The molecule has 0 bridgehead atoms. The summed E-state index contributed by atoms with van der Waals surface area (Å²) in [6, 6.07) is 0. The summed E-state index contributed by atoms with van der Waals surface area (Å²) in [4.78, 5) is 21.3. The van der Waals surface area contributed by atoms with Crippen LogP contribution >= 0.6 is 0 Å². The van der Waals surface area contributed by atoms with Crippen LogP contribution < -0.4 is 11.1 Å². The Balaban J connectivity index is 2.24. The Morgan fingerprint density at radius 2 is 2.38 bits per heavy atom. The van der Waals surface area contributed by atoms with Gasteiger partial charge in [-0.3, -0.25) is 9.59 Å². The lowest BCUT2D eigenvalue weighted by Crippen LogP contribution is -2.25. The van der Waals surface area contributed by atoms with E-state index in [2.05, 4.69) is 5.32 Å². The second-order valence-electron chi connectivity index (χ2n) is 3.14. The van der Waals surface area contributed by atoms with Crippen LogP contribution in [0.2, 0.25) is 0 Å². The van der Waals surface area contributed by atoms with Gasteiger partial charge in [-0.05, 0) is 19.3 Å². The molecule has 1 heterocycles. The van der Waals surface area contributed by atoms with Crippen LogP contribution in [0.5, 0.6) is 0 Å². The van der Waals surface area contributed by atoms with Crippen molar-refractivity contribution < 1.29 is 9.59 Å². The van der Waals surface area contributed by atoms with E-state index >= 15 is 0 Å². The highest BCUT2D eigenvalue weighted by atomic mass is 16.2. The SMILES string of the molecule is NC(=O)CCCC1=CCCC(=O)N1. The molecule has 0 saturated carbocycles. The standard InChI is InChI=1S/C9H14N2O2/c10-8(12)5-1-3-7-4-2-6-9(13)11-7/h4H,1-3,5-6H2,(H2,10,12)(H,11,13). The second kappa shape index (κ2) is 4.64. The first kappa shape index (κ1) is 9.77. The molecule has 3 N–H and O–H groups in total. The average Bonchev–Trinajstić information content (AvgIpc) is 2.03. The van der Waals surface area contributed by atoms with Gasteiger partial charge in [-0.25, -0.2) is 0 Å². The highest BCUT2D eigenvalue weighted by Gasteiger charge is 2.09. The average molecular weight is 182 g/mol. The summed E-state index contributed by atoms with van der Waals surface area (Å²) in [6.07, 6.45) is 5.20. The lowest BCUT2D eigenvalue weighted by atomic mass is 10.1. The Morgan fingerprint density at radius 1 is 1.62 bits per heavy atom. The summed E-state index contributed by atoms with van der Waals surface area (Å²) >= 11 is 0. The monoisotopic (exact) mass is 182 g/mol. The molecule has 4 heteroatoms. The predicted octanol–water partition coefficient (Wildman–Crippen LogP) is 0.436. The molecule has 0 aromatic heterocycles. The van der Waals surface area contributed by atoms with Gasteiger partial charge in [-0.1, -0.05) is 6.08 Å². The van der Waals surface area contributed by atoms with Crippen LogP contribution in [0.4, 0.5) is 0 Å². The molecule has 0 fully saturated rings. The molecular formula is C9H14N2O2. The van der Waals surface area contributed by atoms with E-state index in [1.54, 1.807) is 0 Å². The van der Waals surface area contributed by atoms with Crippen LogP contribution in [0.25, 0.3) is 0 Å². The van der Waals surface area contributed by atoms with Gasteiger partial charge < -0.3 is 11.1 Å². The topological polar surface area (TPSA) is 72.2 Å². The van der Waals surface area contributed by atoms with Crippen molar-refractivity contribution in [2.75, 3.05) is 0 Å². The molecule has 0 aromatic carbocycles. The fourth-order valence-corrected chi connectivity index (χ4v) is 1.29. The highest BCUT2D eigenvalue weighted by molar-refractivity contribution is 5.79. The second-order valence-corrected chi connectivity index (χ2v) is 3.14. The molecule has 1 aliphatic rings. The Kier molecular flexibility index (Phi) is 3.49. The third-order valence-electron chi connectivity index (χ3n) is 1.93. The molecule has 2 amide bonds. The minimum Gasteiger partial charge on any atom is -0.370 e. The van der Waals surface area contributed by atoms with Crippen LogP contribution in [0.1, 0.15) is 32.1 Å². The van der Waals surface area contributed by atoms with Crippen molar-refractivity contribution >= 4 is 11.8 Å². The van der Waals surface area contributed by atoms with Crippen molar-refractivity contribution in [3.63, 3.8) is 0 Å². The smallest absolute Gasteiger partial charge is 0.224 e. The minimum atomic E-state index is -0.289. The van der Waals surface area contributed by atoms with E-state index in [4.69, 9.17) is 5.73 Å². The molecule has 0 aliphatic carbocycles. The van der Waals surface area contributed by atoms with Crippen molar-refractivity contribution in [1.29, 1.82) is 0 Å². The summed E-state index contributed by atoms with van der Waals surface area (Å²) in [6.45, 7) is 0. The van der Waals surface area contributed by atoms with Gasteiger partial charge in [0.2, 0.25) is 11.8 Å². The first-order valence-electron chi connectivity index (χ1n) is 4.45.